The van der Waals surface area contributed by atoms with Crippen molar-refractivity contribution in [2.45, 2.75) is 75.5 Å². The highest BCUT2D eigenvalue weighted by Crippen LogP contribution is 2.41. The molecular formula is C23H34N2O4S. The molecule has 1 amide bonds. The van der Waals surface area contributed by atoms with Crippen molar-refractivity contribution in [3.05, 3.63) is 35.9 Å². The third-order valence-electron chi connectivity index (χ3n) is 6.84. The highest BCUT2D eigenvalue weighted by atomic mass is 32.2. The van der Waals surface area contributed by atoms with Crippen LogP contribution in [-0.2, 0) is 26.0 Å². The van der Waals surface area contributed by atoms with Crippen LogP contribution in [0.25, 0.3) is 0 Å². The average Bonchev–Trinajstić information content (AvgIpc) is 3.53. The molecule has 4 rings (SSSR count). The van der Waals surface area contributed by atoms with Gasteiger partial charge in [0.05, 0.1) is 11.9 Å². The summed E-state index contributed by atoms with van der Waals surface area (Å²) in [6.07, 6.45) is 8.79. The van der Waals surface area contributed by atoms with Gasteiger partial charge in [-0.05, 0) is 56.9 Å². The third-order valence-corrected chi connectivity index (χ3v) is 8.21. The van der Waals surface area contributed by atoms with Crippen LogP contribution in [-0.4, -0.2) is 67.2 Å². The van der Waals surface area contributed by atoms with Crippen LogP contribution in [0.2, 0.25) is 0 Å². The summed E-state index contributed by atoms with van der Waals surface area (Å²) in [5, 5.41) is 0. The molecule has 1 unspecified atom stereocenters. The third kappa shape index (κ3) is 5.24. The lowest BCUT2D eigenvalue weighted by Crippen LogP contribution is -2.55. The lowest BCUT2D eigenvalue weighted by Gasteiger charge is -2.48. The first-order chi connectivity index (χ1) is 14.4. The Morgan fingerprint density at radius 1 is 1.13 bits per heavy atom. The number of aryl methyl sites for hydroxylation is 1. The Hall–Kier alpha value is -1.44. The smallest absolute Gasteiger partial charge is 0.222 e. The highest BCUT2D eigenvalue weighted by Gasteiger charge is 2.47. The monoisotopic (exact) mass is 434 g/mol. The predicted octanol–water partition coefficient (Wildman–Crippen LogP) is 2.97. The Bertz CT molecular complexity index is 830. The quantitative estimate of drug-likeness (QED) is 0.662. The minimum absolute atomic E-state index is 0.0365. The van der Waals surface area contributed by atoms with Crippen molar-refractivity contribution in [1.29, 1.82) is 0 Å². The van der Waals surface area contributed by atoms with E-state index in [4.69, 9.17) is 4.74 Å². The van der Waals surface area contributed by atoms with Gasteiger partial charge in [-0.2, -0.15) is 4.31 Å². The molecule has 2 aliphatic heterocycles. The van der Waals surface area contributed by atoms with Gasteiger partial charge in [0.2, 0.25) is 15.9 Å². The maximum absolute atomic E-state index is 12.7. The van der Waals surface area contributed by atoms with Crippen molar-refractivity contribution in [3.63, 3.8) is 0 Å². The van der Waals surface area contributed by atoms with Gasteiger partial charge < -0.3 is 9.64 Å². The van der Waals surface area contributed by atoms with Gasteiger partial charge in [0.25, 0.3) is 0 Å². The van der Waals surface area contributed by atoms with Gasteiger partial charge in [-0.1, -0.05) is 30.3 Å². The van der Waals surface area contributed by atoms with Gasteiger partial charge in [0, 0.05) is 38.2 Å². The maximum atomic E-state index is 12.7. The first kappa shape index (κ1) is 21.8. The number of piperidine rings is 1. The van der Waals surface area contributed by atoms with Gasteiger partial charge in [-0.3, -0.25) is 4.79 Å². The van der Waals surface area contributed by atoms with Gasteiger partial charge >= 0.3 is 0 Å². The molecular weight excluding hydrogens is 400 g/mol. The fourth-order valence-corrected chi connectivity index (χ4v) is 6.62. The molecule has 7 heteroatoms. The summed E-state index contributed by atoms with van der Waals surface area (Å²) in [6, 6.07) is 10.5. The molecule has 6 nitrogen and oxygen atoms in total. The van der Waals surface area contributed by atoms with Crippen molar-refractivity contribution in [3.8, 4) is 0 Å². The number of hydrogen-bond donors (Lipinski definition) is 0. The van der Waals surface area contributed by atoms with Crippen LogP contribution in [0.15, 0.2) is 30.3 Å². The van der Waals surface area contributed by atoms with Crippen LogP contribution in [0.3, 0.4) is 0 Å². The minimum atomic E-state index is -3.20. The molecule has 2 heterocycles. The molecule has 30 heavy (non-hydrogen) atoms. The lowest BCUT2D eigenvalue weighted by atomic mass is 9.82. The summed E-state index contributed by atoms with van der Waals surface area (Å²) in [7, 11) is -3.20. The summed E-state index contributed by atoms with van der Waals surface area (Å²) < 4.78 is 32.7. The normalized spacial score (nSPS) is 24.3. The van der Waals surface area contributed by atoms with Crippen molar-refractivity contribution in [1.82, 2.24) is 9.21 Å². The van der Waals surface area contributed by atoms with E-state index in [0.29, 0.717) is 26.1 Å². The second-order valence-electron chi connectivity index (χ2n) is 9.22. The first-order valence-electron chi connectivity index (χ1n) is 11.3. The van der Waals surface area contributed by atoms with Gasteiger partial charge in [0.15, 0.2) is 0 Å². The Balaban J connectivity index is 1.28. The number of carbonyl (C=O) groups is 1. The zero-order chi connectivity index (χ0) is 21.2. The molecule has 1 atom stereocenters. The summed E-state index contributed by atoms with van der Waals surface area (Å²) >= 11 is 0. The number of rotatable bonds is 7. The Labute approximate surface area is 180 Å². The van der Waals surface area contributed by atoms with E-state index in [9.17, 15) is 13.2 Å². The van der Waals surface area contributed by atoms with Crippen LogP contribution in [0.5, 0.6) is 0 Å². The molecule has 1 aromatic carbocycles. The number of carbonyl (C=O) groups excluding carboxylic acids is 1. The number of likely N-dealkylation sites (tertiary alicyclic amines) is 1. The molecule has 0 N–H and O–H groups in total. The topological polar surface area (TPSA) is 66.9 Å². The van der Waals surface area contributed by atoms with Gasteiger partial charge in [-0.15, -0.1) is 0 Å². The van der Waals surface area contributed by atoms with E-state index in [1.807, 2.05) is 23.1 Å². The van der Waals surface area contributed by atoms with Gasteiger partial charge in [0.1, 0.15) is 0 Å². The molecule has 3 aliphatic rings. The van der Waals surface area contributed by atoms with E-state index >= 15 is 0 Å². The number of benzene rings is 1. The molecule has 1 aliphatic carbocycles. The molecule has 0 radical (unpaired) electrons. The summed E-state index contributed by atoms with van der Waals surface area (Å²) in [5.74, 6) is 0.226. The average molecular weight is 435 g/mol. The number of sulfonamides is 1. The second kappa shape index (κ2) is 8.97. The Morgan fingerprint density at radius 3 is 2.47 bits per heavy atom. The van der Waals surface area contributed by atoms with Crippen molar-refractivity contribution < 1.29 is 17.9 Å². The molecule has 2 saturated heterocycles. The van der Waals surface area contributed by atoms with Crippen molar-refractivity contribution >= 4 is 15.9 Å². The molecule has 1 saturated carbocycles. The predicted molar refractivity (Wildman–Crippen MR) is 117 cm³/mol. The Kier molecular flexibility index (Phi) is 6.51. The summed E-state index contributed by atoms with van der Waals surface area (Å²) in [4.78, 5) is 14.6. The van der Waals surface area contributed by atoms with E-state index in [1.54, 1.807) is 4.31 Å². The van der Waals surface area contributed by atoms with Crippen LogP contribution in [0.1, 0.15) is 56.9 Å². The van der Waals surface area contributed by atoms with Crippen molar-refractivity contribution in [2.24, 2.45) is 0 Å². The first-order valence-corrected chi connectivity index (χ1v) is 13.2. The number of ether oxygens (including phenoxy) is 1. The van der Waals surface area contributed by atoms with Crippen LogP contribution >= 0.6 is 0 Å². The van der Waals surface area contributed by atoms with E-state index in [0.717, 1.165) is 51.4 Å². The molecule has 1 spiro atoms. The highest BCUT2D eigenvalue weighted by molar-refractivity contribution is 7.88. The molecule has 3 fully saturated rings. The van der Waals surface area contributed by atoms with Crippen LogP contribution < -0.4 is 0 Å². The standard InChI is InChI=1S/C23H34N2O4S/c1-30(27,28)25(20-10-11-20)21-12-17-29-23(18-21)13-15-24(16-14-23)22(26)9-5-8-19-6-3-2-4-7-19/h2-4,6-7,20-21H,5,8-18H2,1H3. The van der Waals surface area contributed by atoms with E-state index in [1.165, 1.54) is 11.8 Å². The Morgan fingerprint density at radius 2 is 1.83 bits per heavy atom. The van der Waals surface area contributed by atoms with E-state index in [-0.39, 0.29) is 23.6 Å². The van der Waals surface area contributed by atoms with E-state index in [2.05, 4.69) is 12.1 Å². The minimum Gasteiger partial charge on any atom is -0.375 e. The number of nitrogens with zero attached hydrogens (tertiary/aromatic N) is 2. The molecule has 1 aromatic rings. The second-order valence-corrected chi connectivity index (χ2v) is 11.1. The SMILES string of the molecule is CS(=O)(=O)N(C1CC1)C1CCOC2(CCN(C(=O)CCCc3ccccc3)CC2)C1. The zero-order valence-electron chi connectivity index (χ0n) is 18.0. The van der Waals surface area contributed by atoms with Crippen molar-refractivity contribution in [2.75, 3.05) is 26.0 Å². The van der Waals surface area contributed by atoms with Crippen LogP contribution in [0.4, 0.5) is 0 Å². The lowest BCUT2D eigenvalue weighted by molar-refractivity contribution is -0.147. The number of hydrogen-bond acceptors (Lipinski definition) is 4. The summed E-state index contributed by atoms with van der Waals surface area (Å²) in [6.45, 7) is 2.02. The largest absolute Gasteiger partial charge is 0.375 e. The number of amides is 1. The van der Waals surface area contributed by atoms with Crippen LogP contribution in [0, 0.1) is 0 Å². The summed E-state index contributed by atoms with van der Waals surface area (Å²) in [5.41, 5.74) is 0.998. The maximum Gasteiger partial charge on any atom is 0.222 e. The molecule has 166 valence electrons. The fourth-order valence-electron chi connectivity index (χ4n) is 5.15. The van der Waals surface area contributed by atoms with E-state index < -0.39 is 10.0 Å². The fraction of sp³-hybridized carbons (Fsp3) is 0.696. The van der Waals surface area contributed by atoms with Gasteiger partial charge in [-0.25, -0.2) is 8.42 Å². The molecule has 0 aromatic heterocycles. The zero-order valence-corrected chi connectivity index (χ0v) is 18.8. The molecule has 0 bridgehead atoms.